The van der Waals surface area contributed by atoms with E-state index in [0.29, 0.717) is 12.0 Å². The molecule has 0 amide bonds. The summed E-state index contributed by atoms with van der Waals surface area (Å²) in [7, 11) is 3.93. The molecule has 0 radical (unpaired) electrons. The predicted molar refractivity (Wildman–Crippen MR) is 65.3 cm³/mol. The van der Waals surface area contributed by atoms with Crippen molar-refractivity contribution in [2.45, 2.75) is 18.4 Å². The maximum Gasteiger partial charge on any atom is 0.119 e. The summed E-state index contributed by atoms with van der Waals surface area (Å²) < 4.78 is 5.30. The van der Waals surface area contributed by atoms with Crippen molar-refractivity contribution in [2.75, 3.05) is 32.6 Å². The summed E-state index contributed by atoms with van der Waals surface area (Å²) in [6.45, 7) is 2.34. The summed E-state index contributed by atoms with van der Waals surface area (Å²) in [5.74, 6) is 1.60. The Morgan fingerprint density at radius 1 is 1.44 bits per heavy atom. The van der Waals surface area contributed by atoms with Gasteiger partial charge >= 0.3 is 0 Å². The summed E-state index contributed by atoms with van der Waals surface area (Å²) >= 11 is 0. The van der Waals surface area contributed by atoms with E-state index in [2.05, 4.69) is 29.4 Å². The highest BCUT2D eigenvalue weighted by molar-refractivity contribution is 5.62. The van der Waals surface area contributed by atoms with E-state index in [1.54, 1.807) is 7.11 Å². The van der Waals surface area contributed by atoms with Gasteiger partial charge in [0.1, 0.15) is 5.75 Å². The summed E-state index contributed by atoms with van der Waals surface area (Å²) in [5.41, 5.74) is 2.72. The van der Waals surface area contributed by atoms with E-state index in [1.807, 2.05) is 6.07 Å². The molecule has 0 saturated carbocycles. The number of benzene rings is 1. The fraction of sp³-hybridized carbons (Fsp3) is 0.538. The average Bonchev–Trinajstić information content (AvgIpc) is 2.66. The van der Waals surface area contributed by atoms with Crippen LogP contribution in [0, 0.1) is 0 Å². The number of likely N-dealkylation sites (tertiary alicyclic amines) is 1. The van der Waals surface area contributed by atoms with E-state index in [4.69, 9.17) is 4.74 Å². The van der Waals surface area contributed by atoms with Gasteiger partial charge < -0.3 is 15.0 Å². The Morgan fingerprint density at radius 2 is 2.31 bits per heavy atom. The highest BCUT2D eigenvalue weighted by Crippen LogP contribution is 2.41. The molecule has 2 aliphatic heterocycles. The largest absolute Gasteiger partial charge is 0.497 e. The van der Waals surface area contributed by atoms with Gasteiger partial charge in [0, 0.05) is 24.2 Å². The number of hydrogen-bond acceptors (Lipinski definition) is 3. The molecule has 0 aliphatic carbocycles. The number of methoxy groups -OCH3 is 1. The molecule has 1 aromatic carbocycles. The molecule has 1 N–H and O–H groups in total. The topological polar surface area (TPSA) is 24.5 Å². The maximum atomic E-state index is 5.30. The van der Waals surface area contributed by atoms with Crippen LogP contribution in [0.1, 0.15) is 17.9 Å². The van der Waals surface area contributed by atoms with Crippen molar-refractivity contribution in [1.29, 1.82) is 0 Å². The zero-order valence-corrected chi connectivity index (χ0v) is 9.86. The van der Waals surface area contributed by atoms with Crippen LogP contribution in [0.4, 0.5) is 5.69 Å². The lowest BCUT2D eigenvalue weighted by Gasteiger charge is -2.32. The highest BCUT2D eigenvalue weighted by Gasteiger charge is 2.35. The standard InChI is InChI=1S/C13H18N2O/c1-15-6-5-13-11(8-15)10-7-9(16-2)3-4-12(10)14-13/h3-4,7,11,13-14H,5-6,8H2,1-2H3/t11-,13+/m1/s1. The third kappa shape index (κ3) is 1.47. The van der Waals surface area contributed by atoms with Gasteiger partial charge in [-0.15, -0.1) is 0 Å². The van der Waals surface area contributed by atoms with Gasteiger partial charge in [0.2, 0.25) is 0 Å². The van der Waals surface area contributed by atoms with Crippen LogP contribution in [-0.2, 0) is 0 Å². The van der Waals surface area contributed by atoms with Crippen molar-refractivity contribution < 1.29 is 4.74 Å². The second-order valence-corrected chi connectivity index (χ2v) is 4.86. The van der Waals surface area contributed by atoms with Gasteiger partial charge in [-0.05, 0) is 43.8 Å². The Bertz CT molecular complexity index is 405. The van der Waals surface area contributed by atoms with Crippen LogP contribution in [0.5, 0.6) is 5.75 Å². The van der Waals surface area contributed by atoms with Crippen LogP contribution in [0.3, 0.4) is 0 Å². The molecule has 1 aromatic rings. The van der Waals surface area contributed by atoms with Crippen molar-refractivity contribution in [3.05, 3.63) is 23.8 Å². The summed E-state index contributed by atoms with van der Waals surface area (Å²) in [4.78, 5) is 2.41. The molecule has 2 aliphatic rings. The lowest BCUT2D eigenvalue weighted by atomic mass is 9.89. The van der Waals surface area contributed by atoms with Gasteiger partial charge in [-0.1, -0.05) is 0 Å². The van der Waals surface area contributed by atoms with Gasteiger partial charge in [-0.3, -0.25) is 0 Å². The second kappa shape index (κ2) is 3.67. The minimum absolute atomic E-state index is 0.623. The molecule has 0 aromatic heterocycles. The van der Waals surface area contributed by atoms with Crippen LogP contribution in [0.15, 0.2) is 18.2 Å². The van der Waals surface area contributed by atoms with Gasteiger partial charge in [0.05, 0.1) is 7.11 Å². The fourth-order valence-corrected chi connectivity index (χ4v) is 2.91. The molecule has 16 heavy (non-hydrogen) atoms. The molecule has 3 rings (SSSR count). The molecule has 0 unspecified atom stereocenters. The van der Waals surface area contributed by atoms with E-state index < -0.39 is 0 Å². The van der Waals surface area contributed by atoms with Crippen LogP contribution >= 0.6 is 0 Å². The van der Waals surface area contributed by atoms with Crippen molar-refractivity contribution >= 4 is 5.69 Å². The average molecular weight is 218 g/mol. The number of rotatable bonds is 1. The summed E-state index contributed by atoms with van der Waals surface area (Å²) in [5, 5.41) is 3.63. The van der Waals surface area contributed by atoms with Crippen LogP contribution in [0.25, 0.3) is 0 Å². The minimum atomic E-state index is 0.623. The lowest BCUT2D eigenvalue weighted by Crippen LogP contribution is -2.39. The lowest BCUT2D eigenvalue weighted by molar-refractivity contribution is 0.243. The van der Waals surface area contributed by atoms with Gasteiger partial charge in [-0.25, -0.2) is 0 Å². The highest BCUT2D eigenvalue weighted by atomic mass is 16.5. The summed E-state index contributed by atoms with van der Waals surface area (Å²) in [6.07, 6.45) is 1.23. The fourth-order valence-electron chi connectivity index (χ4n) is 2.91. The number of piperidine rings is 1. The molecule has 2 atom stereocenters. The quantitative estimate of drug-likeness (QED) is 0.779. The molecular weight excluding hydrogens is 200 g/mol. The maximum absolute atomic E-state index is 5.30. The van der Waals surface area contributed by atoms with Gasteiger partial charge in [0.15, 0.2) is 0 Å². The normalized spacial score (nSPS) is 28.1. The Labute approximate surface area is 96.4 Å². The van der Waals surface area contributed by atoms with Crippen LogP contribution < -0.4 is 10.1 Å². The van der Waals surface area contributed by atoms with Crippen molar-refractivity contribution in [3.63, 3.8) is 0 Å². The molecule has 0 spiro atoms. The smallest absolute Gasteiger partial charge is 0.119 e. The molecule has 1 saturated heterocycles. The Morgan fingerprint density at radius 3 is 3.12 bits per heavy atom. The van der Waals surface area contributed by atoms with Gasteiger partial charge in [0.25, 0.3) is 0 Å². The first-order valence-corrected chi connectivity index (χ1v) is 5.91. The van der Waals surface area contributed by atoms with Crippen molar-refractivity contribution in [2.24, 2.45) is 0 Å². The number of anilines is 1. The molecule has 2 heterocycles. The molecule has 0 bridgehead atoms. The SMILES string of the molecule is COc1ccc2c(c1)[C@H]1CN(C)CC[C@@H]1N2. The predicted octanol–water partition coefficient (Wildman–Crippen LogP) is 1.91. The molecule has 3 nitrogen and oxygen atoms in total. The number of nitrogens with one attached hydrogen (secondary N) is 1. The number of hydrogen-bond donors (Lipinski definition) is 1. The zero-order valence-electron chi connectivity index (χ0n) is 9.86. The minimum Gasteiger partial charge on any atom is -0.497 e. The van der Waals surface area contributed by atoms with Crippen LogP contribution in [-0.4, -0.2) is 38.2 Å². The second-order valence-electron chi connectivity index (χ2n) is 4.86. The Kier molecular flexibility index (Phi) is 2.28. The van der Waals surface area contributed by atoms with Crippen molar-refractivity contribution in [3.8, 4) is 5.75 Å². The van der Waals surface area contributed by atoms with E-state index in [1.165, 1.54) is 24.2 Å². The molecule has 1 fully saturated rings. The molecular formula is C13H18N2O. The Balaban J connectivity index is 1.95. The monoisotopic (exact) mass is 218 g/mol. The number of nitrogens with zero attached hydrogens (tertiary/aromatic N) is 1. The van der Waals surface area contributed by atoms with E-state index in [9.17, 15) is 0 Å². The van der Waals surface area contributed by atoms with Gasteiger partial charge in [-0.2, -0.15) is 0 Å². The first-order chi connectivity index (χ1) is 7.78. The third-order valence-electron chi connectivity index (χ3n) is 3.81. The summed E-state index contributed by atoms with van der Waals surface area (Å²) in [6, 6.07) is 6.99. The Hall–Kier alpha value is -1.22. The van der Waals surface area contributed by atoms with E-state index >= 15 is 0 Å². The first-order valence-electron chi connectivity index (χ1n) is 5.91. The number of ether oxygens (including phenoxy) is 1. The van der Waals surface area contributed by atoms with Crippen LogP contribution in [0.2, 0.25) is 0 Å². The van der Waals surface area contributed by atoms with E-state index in [0.717, 1.165) is 12.3 Å². The molecule has 3 heteroatoms. The van der Waals surface area contributed by atoms with E-state index in [-0.39, 0.29) is 0 Å². The van der Waals surface area contributed by atoms with Crippen molar-refractivity contribution in [1.82, 2.24) is 4.90 Å². The number of fused-ring (bicyclic) bond motifs is 3. The zero-order chi connectivity index (χ0) is 11.1. The third-order valence-corrected chi connectivity index (χ3v) is 3.81. The molecule has 86 valence electrons. The number of likely N-dealkylation sites (N-methyl/N-ethyl adjacent to an activating group) is 1. The first kappa shape index (κ1) is 9.97.